The van der Waals surface area contributed by atoms with Crippen molar-refractivity contribution in [1.82, 2.24) is 10.2 Å². The Labute approximate surface area is 117 Å². The Kier molecular flexibility index (Phi) is 2.56. The van der Waals surface area contributed by atoms with E-state index in [9.17, 15) is 0 Å². The molecule has 3 saturated heterocycles. The van der Waals surface area contributed by atoms with Crippen molar-refractivity contribution in [2.45, 2.75) is 57.0 Å². The first-order valence-corrected chi connectivity index (χ1v) is 8.83. The second-order valence-electron chi connectivity index (χ2n) is 8.37. The molecule has 0 radical (unpaired) electrons. The molecule has 7 aliphatic rings. The van der Waals surface area contributed by atoms with Crippen LogP contribution in [0.2, 0.25) is 0 Å². The Hall–Kier alpha value is -0.0800. The highest BCUT2D eigenvalue weighted by Crippen LogP contribution is 2.54. The van der Waals surface area contributed by atoms with Crippen LogP contribution in [0, 0.1) is 29.6 Å². The Balaban J connectivity index is 1.31. The highest BCUT2D eigenvalue weighted by atomic mass is 15.2. The standard InChI is InChI=1S/C17H28N2/c1-3-19-4-2-13(1)16(10-19)18-17-14-6-11-5-12(8-14)9-15(17)7-11/h11-18H,1-10H2/t11?,12?,14?,15?,16-,17?/m1/s1. The third kappa shape index (κ3) is 1.82. The minimum absolute atomic E-state index is 0.838. The number of fused-ring (bicyclic) bond motifs is 3. The molecule has 106 valence electrons. The summed E-state index contributed by atoms with van der Waals surface area (Å²) in [7, 11) is 0. The average molecular weight is 260 g/mol. The van der Waals surface area contributed by atoms with E-state index in [0.717, 1.165) is 41.7 Å². The fourth-order valence-electron chi connectivity index (χ4n) is 6.60. The normalized spacial score (nSPS) is 58.7. The molecule has 0 aromatic heterocycles. The summed E-state index contributed by atoms with van der Waals surface area (Å²) in [5, 5.41) is 4.19. The van der Waals surface area contributed by atoms with Gasteiger partial charge >= 0.3 is 0 Å². The minimum Gasteiger partial charge on any atom is -0.309 e. The lowest BCUT2D eigenvalue weighted by Gasteiger charge is -2.56. The Morgan fingerprint density at radius 2 is 1.37 bits per heavy atom. The van der Waals surface area contributed by atoms with E-state index < -0.39 is 0 Å². The number of nitrogens with zero attached hydrogens (tertiary/aromatic N) is 1. The monoisotopic (exact) mass is 260 g/mol. The van der Waals surface area contributed by atoms with E-state index in [-0.39, 0.29) is 0 Å². The summed E-state index contributed by atoms with van der Waals surface area (Å²) in [6.45, 7) is 4.11. The molecule has 4 aliphatic carbocycles. The second-order valence-corrected chi connectivity index (χ2v) is 8.37. The molecule has 7 fully saturated rings. The van der Waals surface area contributed by atoms with Gasteiger partial charge in [-0.15, -0.1) is 0 Å². The van der Waals surface area contributed by atoms with Gasteiger partial charge in [-0.1, -0.05) is 0 Å². The Morgan fingerprint density at radius 1 is 0.737 bits per heavy atom. The number of rotatable bonds is 2. The quantitative estimate of drug-likeness (QED) is 0.820. The number of hydrogen-bond acceptors (Lipinski definition) is 2. The molecule has 3 heterocycles. The SMILES string of the molecule is C1C2CC3CC1CC(C2)C3N[C@@H]1CN2CCC1CC2. The molecule has 0 aromatic carbocycles. The summed E-state index contributed by atoms with van der Waals surface area (Å²) in [5.74, 6) is 5.33. The molecule has 3 aliphatic heterocycles. The molecule has 19 heavy (non-hydrogen) atoms. The summed E-state index contributed by atoms with van der Waals surface area (Å²) in [5.41, 5.74) is 0. The molecule has 0 spiro atoms. The highest BCUT2D eigenvalue weighted by molar-refractivity contribution is 5.03. The van der Waals surface area contributed by atoms with Crippen molar-refractivity contribution < 1.29 is 0 Å². The number of hydrogen-bond donors (Lipinski definition) is 1. The van der Waals surface area contributed by atoms with Crippen LogP contribution in [0.1, 0.15) is 44.9 Å². The molecule has 1 atom stereocenters. The fraction of sp³-hybridized carbons (Fsp3) is 1.00. The van der Waals surface area contributed by atoms with Crippen molar-refractivity contribution >= 4 is 0 Å². The minimum atomic E-state index is 0.838. The van der Waals surface area contributed by atoms with Gasteiger partial charge in [0.05, 0.1) is 0 Å². The first-order valence-electron chi connectivity index (χ1n) is 8.83. The molecule has 1 N–H and O–H groups in total. The van der Waals surface area contributed by atoms with Gasteiger partial charge in [-0.25, -0.2) is 0 Å². The van der Waals surface area contributed by atoms with E-state index in [0.29, 0.717) is 0 Å². The van der Waals surface area contributed by atoms with Gasteiger partial charge in [0.15, 0.2) is 0 Å². The summed E-state index contributed by atoms with van der Waals surface area (Å²) in [6.07, 6.45) is 10.8. The van der Waals surface area contributed by atoms with E-state index in [4.69, 9.17) is 0 Å². The molecule has 4 saturated carbocycles. The van der Waals surface area contributed by atoms with Crippen molar-refractivity contribution in [3.63, 3.8) is 0 Å². The third-order valence-electron chi connectivity index (χ3n) is 7.29. The van der Waals surface area contributed by atoms with Crippen LogP contribution >= 0.6 is 0 Å². The van der Waals surface area contributed by atoms with Gasteiger partial charge in [0.1, 0.15) is 0 Å². The molecule has 2 nitrogen and oxygen atoms in total. The topological polar surface area (TPSA) is 15.3 Å². The Morgan fingerprint density at radius 3 is 1.89 bits per heavy atom. The van der Waals surface area contributed by atoms with Gasteiger partial charge in [0.25, 0.3) is 0 Å². The molecule has 2 heteroatoms. The zero-order valence-corrected chi connectivity index (χ0v) is 12.1. The molecule has 7 rings (SSSR count). The van der Waals surface area contributed by atoms with Crippen LogP contribution < -0.4 is 5.32 Å². The fourth-order valence-corrected chi connectivity index (χ4v) is 6.60. The van der Waals surface area contributed by atoms with Gasteiger partial charge in [0, 0.05) is 18.6 Å². The summed E-state index contributed by atoms with van der Waals surface area (Å²) >= 11 is 0. The maximum absolute atomic E-state index is 4.19. The third-order valence-corrected chi connectivity index (χ3v) is 7.29. The van der Waals surface area contributed by atoms with Crippen LogP contribution in [-0.2, 0) is 0 Å². The number of nitrogens with one attached hydrogen (secondary N) is 1. The molecular weight excluding hydrogens is 232 g/mol. The van der Waals surface area contributed by atoms with Gasteiger partial charge in [-0.05, 0) is 87.6 Å². The van der Waals surface area contributed by atoms with Crippen LogP contribution in [0.25, 0.3) is 0 Å². The molecule has 0 amide bonds. The predicted octanol–water partition coefficient (Wildman–Crippen LogP) is 2.49. The van der Waals surface area contributed by atoms with E-state index in [2.05, 4.69) is 10.2 Å². The molecule has 0 unspecified atom stereocenters. The maximum Gasteiger partial charge on any atom is 0.0227 e. The summed E-state index contributed by atoms with van der Waals surface area (Å²) < 4.78 is 0. The van der Waals surface area contributed by atoms with E-state index >= 15 is 0 Å². The highest BCUT2D eigenvalue weighted by Gasteiger charge is 2.49. The molecule has 0 aromatic rings. The lowest BCUT2D eigenvalue weighted by atomic mass is 9.54. The van der Waals surface area contributed by atoms with E-state index in [1.54, 1.807) is 32.1 Å². The first-order chi connectivity index (χ1) is 9.35. The molecular formula is C17H28N2. The van der Waals surface area contributed by atoms with Gasteiger partial charge < -0.3 is 10.2 Å². The largest absolute Gasteiger partial charge is 0.309 e. The molecule has 6 bridgehead atoms. The predicted molar refractivity (Wildman–Crippen MR) is 76.9 cm³/mol. The first kappa shape index (κ1) is 11.6. The lowest BCUT2D eigenvalue weighted by Crippen LogP contribution is -2.63. The van der Waals surface area contributed by atoms with E-state index in [1.165, 1.54) is 32.5 Å². The lowest BCUT2D eigenvalue weighted by molar-refractivity contribution is -0.0318. The second kappa shape index (κ2) is 4.21. The average Bonchev–Trinajstić information content (AvgIpc) is 2.43. The van der Waals surface area contributed by atoms with Crippen molar-refractivity contribution in [2.75, 3.05) is 19.6 Å². The van der Waals surface area contributed by atoms with Gasteiger partial charge in [0.2, 0.25) is 0 Å². The van der Waals surface area contributed by atoms with Crippen LogP contribution in [0.3, 0.4) is 0 Å². The number of piperidine rings is 3. The van der Waals surface area contributed by atoms with Gasteiger partial charge in [-0.2, -0.15) is 0 Å². The van der Waals surface area contributed by atoms with Crippen LogP contribution in [0.4, 0.5) is 0 Å². The Bertz CT molecular complexity index is 330. The van der Waals surface area contributed by atoms with Crippen molar-refractivity contribution in [3.05, 3.63) is 0 Å². The van der Waals surface area contributed by atoms with Crippen molar-refractivity contribution in [3.8, 4) is 0 Å². The van der Waals surface area contributed by atoms with Gasteiger partial charge in [-0.3, -0.25) is 0 Å². The summed E-state index contributed by atoms with van der Waals surface area (Å²) in [4.78, 5) is 2.70. The smallest absolute Gasteiger partial charge is 0.0227 e. The zero-order valence-electron chi connectivity index (χ0n) is 12.1. The van der Waals surface area contributed by atoms with Crippen LogP contribution in [0.5, 0.6) is 0 Å². The van der Waals surface area contributed by atoms with Crippen LogP contribution in [0.15, 0.2) is 0 Å². The summed E-state index contributed by atoms with van der Waals surface area (Å²) in [6, 6.07) is 1.74. The maximum atomic E-state index is 4.19. The van der Waals surface area contributed by atoms with Crippen molar-refractivity contribution in [1.29, 1.82) is 0 Å². The van der Waals surface area contributed by atoms with E-state index in [1.807, 2.05) is 0 Å². The zero-order chi connectivity index (χ0) is 12.4. The van der Waals surface area contributed by atoms with Crippen LogP contribution in [-0.4, -0.2) is 36.6 Å². The van der Waals surface area contributed by atoms with Crippen molar-refractivity contribution in [2.24, 2.45) is 29.6 Å².